The second kappa shape index (κ2) is 6.74. The van der Waals surface area contributed by atoms with E-state index in [1.165, 1.54) is 12.1 Å². The molecule has 0 aliphatic carbocycles. The summed E-state index contributed by atoms with van der Waals surface area (Å²) in [5.74, 6) is -0.636. The van der Waals surface area contributed by atoms with Crippen LogP contribution in [0.5, 0.6) is 5.75 Å². The van der Waals surface area contributed by atoms with Crippen LogP contribution in [0, 0.1) is 5.82 Å². The van der Waals surface area contributed by atoms with Crippen molar-refractivity contribution in [1.82, 2.24) is 0 Å². The van der Waals surface area contributed by atoms with Crippen LogP contribution in [0.4, 0.5) is 15.8 Å². The molecule has 3 N–H and O–H groups in total. The number of hydrogen-bond donors (Lipinski definition) is 2. The molecule has 0 unspecified atom stereocenters. The predicted octanol–water partition coefficient (Wildman–Crippen LogP) is 3.45. The highest BCUT2D eigenvalue weighted by Gasteiger charge is 2.14. The van der Waals surface area contributed by atoms with Crippen LogP contribution in [0.1, 0.15) is 23.7 Å². The molecule has 2 aromatic carbocycles. The van der Waals surface area contributed by atoms with E-state index in [1.807, 2.05) is 13.0 Å². The average Bonchev–Trinajstić information content (AvgIpc) is 2.46. The number of rotatable bonds is 5. The van der Waals surface area contributed by atoms with Crippen LogP contribution < -0.4 is 15.8 Å². The summed E-state index contributed by atoms with van der Waals surface area (Å²) in [5, 5.41) is 2.65. The van der Waals surface area contributed by atoms with Gasteiger partial charge in [-0.3, -0.25) is 4.79 Å². The molecule has 0 aliphatic heterocycles. The number of amides is 1. The van der Waals surface area contributed by atoms with Crippen molar-refractivity contribution in [1.29, 1.82) is 0 Å². The van der Waals surface area contributed by atoms with E-state index < -0.39 is 11.7 Å². The molecule has 0 radical (unpaired) electrons. The van der Waals surface area contributed by atoms with E-state index in [-0.39, 0.29) is 11.3 Å². The Balaban J connectivity index is 2.19. The zero-order valence-corrected chi connectivity index (χ0v) is 11.7. The van der Waals surface area contributed by atoms with E-state index in [2.05, 4.69) is 5.32 Å². The van der Waals surface area contributed by atoms with Crippen LogP contribution in [-0.2, 0) is 0 Å². The number of halogens is 1. The van der Waals surface area contributed by atoms with Gasteiger partial charge in [-0.2, -0.15) is 0 Å². The molecule has 110 valence electrons. The maximum Gasteiger partial charge on any atom is 0.258 e. The first kappa shape index (κ1) is 14.8. The first-order valence-electron chi connectivity index (χ1n) is 6.70. The maximum atomic E-state index is 13.7. The van der Waals surface area contributed by atoms with Crippen LogP contribution in [0.25, 0.3) is 0 Å². The largest absolute Gasteiger partial charge is 0.491 e. The third-order valence-corrected chi connectivity index (χ3v) is 2.83. The molecule has 0 fully saturated rings. The molecule has 2 rings (SSSR count). The highest BCUT2D eigenvalue weighted by Crippen LogP contribution is 2.25. The first-order valence-corrected chi connectivity index (χ1v) is 6.70. The van der Waals surface area contributed by atoms with Gasteiger partial charge in [-0.15, -0.1) is 0 Å². The summed E-state index contributed by atoms with van der Waals surface area (Å²) < 4.78 is 19.3. The lowest BCUT2D eigenvalue weighted by Crippen LogP contribution is -2.15. The molecular weight excluding hydrogens is 271 g/mol. The molecule has 0 atom stereocenters. The van der Waals surface area contributed by atoms with Crippen molar-refractivity contribution in [2.24, 2.45) is 0 Å². The van der Waals surface area contributed by atoms with Crippen molar-refractivity contribution in [2.75, 3.05) is 17.7 Å². The molecule has 0 heterocycles. The Morgan fingerprint density at radius 3 is 2.76 bits per heavy atom. The Morgan fingerprint density at radius 1 is 1.29 bits per heavy atom. The summed E-state index contributed by atoms with van der Waals surface area (Å²) >= 11 is 0. The fourth-order valence-electron chi connectivity index (χ4n) is 1.81. The number of anilines is 2. The van der Waals surface area contributed by atoms with E-state index in [4.69, 9.17) is 10.5 Å². The van der Waals surface area contributed by atoms with Crippen molar-refractivity contribution in [3.8, 4) is 5.75 Å². The summed E-state index contributed by atoms with van der Waals surface area (Å²) in [6.07, 6.45) is 0.856. The maximum absolute atomic E-state index is 13.7. The van der Waals surface area contributed by atoms with Gasteiger partial charge < -0.3 is 15.8 Å². The lowest BCUT2D eigenvalue weighted by atomic mass is 10.1. The molecule has 1 amide bonds. The quantitative estimate of drug-likeness (QED) is 0.828. The van der Waals surface area contributed by atoms with E-state index in [0.717, 1.165) is 12.5 Å². The fraction of sp³-hybridized carbons (Fsp3) is 0.188. The standard InChI is InChI=1S/C16H17FN2O2/c1-2-9-21-15-6-4-3-5-14(15)19-16(20)12-8-7-11(18)10-13(12)17/h3-8,10H,2,9,18H2,1H3,(H,19,20). The Labute approximate surface area is 122 Å². The highest BCUT2D eigenvalue weighted by atomic mass is 19.1. The monoisotopic (exact) mass is 288 g/mol. The van der Waals surface area contributed by atoms with Crippen molar-refractivity contribution in [3.05, 3.63) is 53.8 Å². The molecule has 0 saturated carbocycles. The summed E-state index contributed by atoms with van der Waals surface area (Å²) in [4.78, 5) is 12.1. The van der Waals surface area contributed by atoms with Gasteiger partial charge in [-0.25, -0.2) is 4.39 Å². The third kappa shape index (κ3) is 3.72. The molecule has 0 spiro atoms. The number of para-hydroxylation sites is 2. The van der Waals surface area contributed by atoms with Gasteiger partial charge in [0.25, 0.3) is 5.91 Å². The Hall–Kier alpha value is -2.56. The molecule has 4 nitrogen and oxygen atoms in total. The highest BCUT2D eigenvalue weighted by molar-refractivity contribution is 6.05. The van der Waals surface area contributed by atoms with Gasteiger partial charge in [0.2, 0.25) is 0 Å². The average molecular weight is 288 g/mol. The normalized spacial score (nSPS) is 10.2. The molecule has 0 bridgehead atoms. The molecule has 0 aromatic heterocycles. The summed E-state index contributed by atoms with van der Waals surface area (Å²) in [6.45, 7) is 2.54. The van der Waals surface area contributed by atoms with Gasteiger partial charge in [0.15, 0.2) is 0 Å². The molecular formula is C16H17FN2O2. The molecule has 5 heteroatoms. The van der Waals surface area contributed by atoms with Crippen LogP contribution in [0.3, 0.4) is 0 Å². The smallest absolute Gasteiger partial charge is 0.258 e. The van der Waals surface area contributed by atoms with Gasteiger partial charge >= 0.3 is 0 Å². The molecule has 2 aromatic rings. The zero-order valence-electron chi connectivity index (χ0n) is 11.7. The fourth-order valence-corrected chi connectivity index (χ4v) is 1.81. The topological polar surface area (TPSA) is 64.3 Å². The number of benzene rings is 2. The molecule has 0 aliphatic rings. The van der Waals surface area contributed by atoms with Gasteiger partial charge in [0, 0.05) is 5.69 Å². The number of ether oxygens (including phenoxy) is 1. The van der Waals surface area contributed by atoms with E-state index in [9.17, 15) is 9.18 Å². The lowest BCUT2D eigenvalue weighted by molar-refractivity contribution is 0.102. The van der Waals surface area contributed by atoms with Crippen LogP contribution in [0.2, 0.25) is 0 Å². The minimum atomic E-state index is -0.653. The Morgan fingerprint density at radius 2 is 2.05 bits per heavy atom. The predicted molar refractivity (Wildman–Crippen MR) is 81.0 cm³/mol. The zero-order chi connectivity index (χ0) is 15.2. The third-order valence-electron chi connectivity index (χ3n) is 2.83. The minimum Gasteiger partial charge on any atom is -0.491 e. The number of nitrogens with one attached hydrogen (secondary N) is 1. The molecule has 0 saturated heterocycles. The van der Waals surface area contributed by atoms with E-state index >= 15 is 0 Å². The van der Waals surface area contributed by atoms with Crippen LogP contribution in [-0.4, -0.2) is 12.5 Å². The van der Waals surface area contributed by atoms with Crippen LogP contribution in [0.15, 0.2) is 42.5 Å². The second-order valence-electron chi connectivity index (χ2n) is 4.54. The Bertz CT molecular complexity index is 644. The van der Waals surface area contributed by atoms with E-state index in [1.54, 1.807) is 18.2 Å². The van der Waals surface area contributed by atoms with Crippen molar-refractivity contribution in [3.63, 3.8) is 0 Å². The van der Waals surface area contributed by atoms with Gasteiger partial charge in [0.1, 0.15) is 11.6 Å². The van der Waals surface area contributed by atoms with Crippen LogP contribution >= 0.6 is 0 Å². The summed E-state index contributed by atoms with van der Waals surface area (Å²) in [7, 11) is 0. The number of nitrogen functional groups attached to an aromatic ring is 1. The number of carbonyl (C=O) groups is 1. The van der Waals surface area contributed by atoms with Gasteiger partial charge in [-0.05, 0) is 36.8 Å². The SMILES string of the molecule is CCCOc1ccccc1NC(=O)c1ccc(N)cc1F. The van der Waals surface area contributed by atoms with Gasteiger partial charge in [-0.1, -0.05) is 19.1 Å². The van der Waals surface area contributed by atoms with E-state index in [0.29, 0.717) is 18.0 Å². The van der Waals surface area contributed by atoms with Crippen molar-refractivity contribution >= 4 is 17.3 Å². The number of carbonyl (C=O) groups excluding carboxylic acids is 1. The van der Waals surface area contributed by atoms with Crippen molar-refractivity contribution in [2.45, 2.75) is 13.3 Å². The Kier molecular flexibility index (Phi) is 4.77. The summed E-state index contributed by atoms with van der Waals surface area (Å²) in [5.41, 5.74) is 6.19. The summed E-state index contributed by atoms with van der Waals surface area (Å²) in [6, 6.07) is 11.0. The molecule has 21 heavy (non-hydrogen) atoms. The second-order valence-corrected chi connectivity index (χ2v) is 4.54. The lowest BCUT2D eigenvalue weighted by Gasteiger charge is -2.12. The number of hydrogen-bond acceptors (Lipinski definition) is 3. The van der Waals surface area contributed by atoms with Gasteiger partial charge in [0.05, 0.1) is 17.9 Å². The van der Waals surface area contributed by atoms with Crippen molar-refractivity contribution < 1.29 is 13.9 Å². The minimum absolute atomic E-state index is 0.0607. The first-order chi connectivity index (χ1) is 10.1. The number of nitrogens with two attached hydrogens (primary N) is 1.